The molecule has 1 unspecified atom stereocenters. The molecule has 0 saturated heterocycles. The minimum atomic E-state index is 0. The van der Waals surface area contributed by atoms with Crippen LogP contribution in [0.25, 0.3) is 0 Å². The molecule has 138 valence electrons. The fraction of sp³-hybridized carbons (Fsp3) is 0.611. The molecule has 0 fully saturated rings. The van der Waals surface area contributed by atoms with Crippen molar-refractivity contribution in [1.82, 2.24) is 10.6 Å². The zero-order valence-electron chi connectivity index (χ0n) is 14.9. The van der Waals surface area contributed by atoms with Gasteiger partial charge in [0.1, 0.15) is 0 Å². The standard InChI is InChI=1S/C18H30ClN3O.HI/c1-4-20-18(21-12-15-6-5-7-17(19)11-15)22-13-16(8-9-23)10-14(2)3;/h5-7,11,14,16,23H,4,8-10,12-13H2,1-3H3,(H2,20,21,22);1H. The Labute approximate surface area is 168 Å². The van der Waals surface area contributed by atoms with Crippen LogP contribution < -0.4 is 10.6 Å². The van der Waals surface area contributed by atoms with E-state index in [2.05, 4.69) is 36.4 Å². The Bertz CT molecular complexity index is 483. The van der Waals surface area contributed by atoms with Gasteiger partial charge in [0.2, 0.25) is 0 Å². The van der Waals surface area contributed by atoms with Crippen molar-refractivity contribution in [2.45, 2.75) is 40.2 Å². The second-order valence-corrected chi connectivity index (χ2v) is 6.65. The van der Waals surface area contributed by atoms with Crippen LogP contribution in [-0.4, -0.2) is 30.8 Å². The lowest BCUT2D eigenvalue weighted by Gasteiger charge is -2.20. The predicted molar refractivity (Wildman–Crippen MR) is 114 cm³/mol. The third kappa shape index (κ3) is 10.4. The molecule has 6 heteroatoms. The number of aliphatic hydroxyl groups excluding tert-OH is 1. The molecule has 0 amide bonds. The van der Waals surface area contributed by atoms with Gasteiger partial charge in [-0.3, -0.25) is 0 Å². The van der Waals surface area contributed by atoms with E-state index < -0.39 is 0 Å². The first-order valence-electron chi connectivity index (χ1n) is 8.42. The summed E-state index contributed by atoms with van der Waals surface area (Å²) < 4.78 is 0. The maximum atomic E-state index is 9.21. The molecule has 24 heavy (non-hydrogen) atoms. The summed E-state index contributed by atoms with van der Waals surface area (Å²) in [6.45, 7) is 8.93. The van der Waals surface area contributed by atoms with Gasteiger partial charge in [0.25, 0.3) is 0 Å². The molecule has 0 aliphatic carbocycles. The van der Waals surface area contributed by atoms with Crippen molar-refractivity contribution >= 4 is 41.5 Å². The Hall–Kier alpha value is -0.530. The van der Waals surface area contributed by atoms with E-state index in [4.69, 9.17) is 11.6 Å². The minimum absolute atomic E-state index is 0. The molecule has 0 saturated carbocycles. The van der Waals surface area contributed by atoms with Gasteiger partial charge in [-0.1, -0.05) is 37.6 Å². The number of nitrogens with one attached hydrogen (secondary N) is 2. The third-order valence-corrected chi connectivity index (χ3v) is 3.79. The van der Waals surface area contributed by atoms with E-state index in [-0.39, 0.29) is 30.6 Å². The number of halogens is 2. The largest absolute Gasteiger partial charge is 0.396 e. The van der Waals surface area contributed by atoms with Crippen molar-refractivity contribution in [2.75, 3.05) is 19.7 Å². The first-order chi connectivity index (χ1) is 11.0. The lowest BCUT2D eigenvalue weighted by Crippen LogP contribution is -2.40. The van der Waals surface area contributed by atoms with Gasteiger partial charge in [0.05, 0.1) is 6.54 Å². The van der Waals surface area contributed by atoms with Crippen molar-refractivity contribution in [1.29, 1.82) is 0 Å². The number of aliphatic hydroxyl groups is 1. The minimum Gasteiger partial charge on any atom is -0.396 e. The maximum Gasteiger partial charge on any atom is 0.191 e. The monoisotopic (exact) mass is 467 g/mol. The number of benzene rings is 1. The van der Waals surface area contributed by atoms with E-state index in [1.807, 2.05) is 24.3 Å². The molecule has 0 bridgehead atoms. The highest BCUT2D eigenvalue weighted by molar-refractivity contribution is 14.0. The summed E-state index contributed by atoms with van der Waals surface area (Å²) >= 11 is 6.00. The molecular formula is C18H31ClIN3O. The van der Waals surface area contributed by atoms with E-state index in [1.165, 1.54) is 0 Å². The Kier molecular flexibility index (Phi) is 13.4. The van der Waals surface area contributed by atoms with Crippen LogP contribution in [0.4, 0.5) is 0 Å². The molecule has 1 aromatic rings. The molecule has 0 heterocycles. The van der Waals surface area contributed by atoms with Crippen molar-refractivity contribution in [3.63, 3.8) is 0 Å². The second-order valence-electron chi connectivity index (χ2n) is 6.21. The van der Waals surface area contributed by atoms with Gasteiger partial charge in [-0.15, -0.1) is 24.0 Å². The maximum absolute atomic E-state index is 9.21. The Balaban J connectivity index is 0.00000529. The molecule has 0 spiro atoms. The summed E-state index contributed by atoms with van der Waals surface area (Å²) in [4.78, 5) is 4.61. The molecule has 1 atom stereocenters. The van der Waals surface area contributed by atoms with Crippen molar-refractivity contribution in [3.8, 4) is 0 Å². The van der Waals surface area contributed by atoms with Crippen molar-refractivity contribution in [2.24, 2.45) is 16.8 Å². The average molecular weight is 468 g/mol. The van der Waals surface area contributed by atoms with Crippen molar-refractivity contribution < 1.29 is 5.11 Å². The SMILES string of the molecule is CCNC(=NCc1cccc(Cl)c1)NCC(CCO)CC(C)C.I. The summed E-state index contributed by atoms with van der Waals surface area (Å²) in [5.74, 6) is 1.88. The highest BCUT2D eigenvalue weighted by Crippen LogP contribution is 2.14. The smallest absolute Gasteiger partial charge is 0.191 e. The number of hydrogen-bond acceptors (Lipinski definition) is 2. The van der Waals surface area contributed by atoms with Gasteiger partial charge in [-0.2, -0.15) is 0 Å². The number of aliphatic imine (C=N–C) groups is 1. The third-order valence-electron chi connectivity index (χ3n) is 3.55. The molecular weight excluding hydrogens is 437 g/mol. The summed E-state index contributed by atoms with van der Waals surface area (Å²) in [5.41, 5.74) is 1.09. The van der Waals surface area contributed by atoms with Crippen LogP contribution in [0.5, 0.6) is 0 Å². The number of hydrogen-bond donors (Lipinski definition) is 3. The quantitative estimate of drug-likeness (QED) is 0.292. The summed E-state index contributed by atoms with van der Waals surface area (Å²) in [6.07, 6.45) is 1.92. The average Bonchev–Trinajstić information content (AvgIpc) is 2.49. The molecule has 0 aliphatic rings. The van der Waals surface area contributed by atoms with E-state index in [1.54, 1.807) is 0 Å². The van der Waals surface area contributed by atoms with Gasteiger partial charge < -0.3 is 15.7 Å². The van der Waals surface area contributed by atoms with Gasteiger partial charge in [0.15, 0.2) is 5.96 Å². The number of guanidine groups is 1. The van der Waals surface area contributed by atoms with Crippen LogP contribution in [0, 0.1) is 11.8 Å². The van der Waals surface area contributed by atoms with Gasteiger partial charge >= 0.3 is 0 Å². The van der Waals surface area contributed by atoms with Crippen molar-refractivity contribution in [3.05, 3.63) is 34.9 Å². The first-order valence-corrected chi connectivity index (χ1v) is 8.80. The molecule has 1 rings (SSSR count). The Morgan fingerprint density at radius 2 is 2.04 bits per heavy atom. The van der Waals surface area contributed by atoms with Gasteiger partial charge in [-0.25, -0.2) is 4.99 Å². The van der Waals surface area contributed by atoms with Crippen LogP contribution in [-0.2, 0) is 6.54 Å². The highest BCUT2D eigenvalue weighted by atomic mass is 127. The van der Waals surface area contributed by atoms with Crippen LogP contribution in [0.2, 0.25) is 5.02 Å². The zero-order chi connectivity index (χ0) is 17.1. The van der Waals surface area contributed by atoms with E-state index >= 15 is 0 Å². The summed E-state index contributed by atoms with van der Waals surface area (Å²) in [6, 6.07) is 7.76. The molecule has 0 aromatic heterocycles. The second kappa shape index (κ2) is 13.7. The molecule has 0 aliphatic heterocycles. The summed E-state index contributed by atoms with van der Waals surface area (Å²) in [7, 11) is 0. The van der Waals surface area contributed by atoms with Gasteiger partial charge in [0, 0.05) is 24.7 Å². The van der Waals surface area contributed by atoms with Crippen LogP contribution in [0.3, 0.4) is 0 Å². The normalized spacial score (nSPS) is 12.7. The Morgan fingerprint density at radius 1 is 1.29 bits per heavy atom. The van der Waals surface area contributed by atoms with Gasteiger partial charge in [-0.05, 0) is 49.3 Å². The predicted octanol–water partition coefficient (Wildman–Crippen LogP) is 4.06. The molecule has 4 nitrogen and oxygen atoms in total. The van der Waals surface area contributed by atoms with E-state index in [0.29, 0.717) is 18.4 Å². The summed E-state index contributed by atoms with van der Waals surface area (Å²) in [5, 5.41) is 16.6. The highest BCUT2D eigenvalue weighted by Gasteiger charge is 2.11. The molecule has 1 aromatic carbocycles. The number of rotatable bonds is 9. The fourth-order valence-corrected chi connectivity index (χ4v) is 2.75. The molecule has 0 radical (unpaired) electrons. The van der Waals surface area contributed by atoms with E-state index in [9.17, 15) is 5.11 Å². The van der Waals surface area contributed by atoms with Crippen LogP contribution in [0.1, 0.15) is 39.2 Å². The number of nitrogens with zero attached hydrogens (tertiary/aromatic N) is 1. The lowest BCUT2D eigenvalue weighted by molar-refractivity contribution is 0.243. The Morgan fingerprint density at radius 3 is 2.62 bits per heavy atom. The zero-order valence-corrected chi connectivity index (χ0v) is 18.0. The molecule has 3 N–H and O–H groups in total. The first kappa shape index (κ1) is 23.5. The fourth-order valence-electron chi connectivity index (χ4n) is 2.54. The van der Waals surface area contributed by atoms with Crippen LogP contribution >= 0.6 is 35.6 Å². The van der Waals surface area contributed by atoms with Crippen LogP contribution in [0.15, 0.2) is 29.3 Å². The lowest BCUT2D eigenvalue weighted by atomic mass is 9.94. The topological polar surface area (TPSA) is 56.7 Å². The van der Waals surface area contributed by atoms with E-state index in [0.717, 1.165) is 42.5 Å².